The van der Waals surface area contributed by atoms with Gasteiger partial charge in [0.15, 0.2) is 18.1 Å². The van der Waals surface area contributed by atoms with Gasteiger partial charge in [0, 0.05) is 5.56 Å². The number of carbonyl (C=O) groups is 3. The first-order chi connectivity index (χ1) is 13.0. The topological polar surface area (TPSA) is 103 Å². The van der Waals surface area contributed by atoms with Gasteiger partial charge in [-0.15, -0.1) is 0 Å². The lowest BCUT2D eigenvalue weighted by Gasteiger charge is -2.12. The number of amides is 2. The van der Waals surface area contributed by atoms with Gasteiger partial charge in [0.2, 0.25) is 0 Å². The summed E-state index contributed by atoms with van der Waals surface area (Å²) in [6, 6.07) is 9.55. The lowest BCUT2D eigenvalue weighted by atomic mass is 10.2. The molecule has 0 aromatic heterocycles. The van der Waals surface area contributed by atoms with Crippen molar-refractivity contribution >= 4 is 17.8 Å². The normalized spacial score (nSPS) is 9.89. The number of ether oxygens (including phenoxy) is 3. The maximum atomic E-state index is 13.5. The van der Waals surface area contributed by atoms with E-state index in [0.29, 0.717) is 0 Å². The van der Waals surface area contributed by atoms with Gasteiger partial charge in [-0.2, -0.15) is 0 Å². The number of hydrogen-bond donors (Lipinski definition) is 2. The van der Waals surface area contributed by atoms with E-state index in [-0.39, 0.29) is 29.2 Å². The van der Waals surface area contributed by atoms with Crippen molar-refractivity contribution in [2.45, 2.75) is 0 Å². The van der Waals surface area contributed by atoms with Gasteiger partial charge in [-0.1, -0.05) is 12.1 Å². The average Bonchev–Trinajstić information content (AvgIpc) is 2.70. The third-order valence-corrected chi connectivity index (χ3v) is 3.41. The van der Waals surface area contributed by atoms with Crippen LogP contribution in [0.3, 0.4) is 0 Å². The Morgan fingerprint density at radius 2 is 1.67 bits per heavy atom. The van der Waals surface area contributed by atoms with Crippen LogP contribution < -0.4 is 20.3 Å². The molecule has 0 heterocycles. The molecule has 27 heavy (non-hydrogen) atoms. The molecule has 0 aliphatic carbocycles. The van der Waals surface area contributed by atoms with E-state index in [2.05, 4.69) is 15.6 Å². The van der Waals surface area contributed by atoms with Crippen molar-refractivity contribution in [1.29, 1.82) is 0 Å². The largest absolute Gasteiger partial charge is 0.493 e. The van der Waals surface area contributed by atoms with Crippen LogP contribution in [0, 0.1) is 5.82 Å². The molecule has 0 aliphatic heterocycles. The summed E-state index contributed by atoms with van der Waals surface area (Å²) in [6.45, 7) is -0.322. The van der Waals surface area contributed by atoms with E-state index in [9.17, 15) is 18.8 Å². The number of halogens is 1. The minimum absolute atomic E-state index is 0.145. The lowest BCUT2D eigenvalue weighted by molar-refractivity contribution is -0.142. The number of rotatable bonds is 6. The highest BCUT2D eigenvalue weighted by atomic mass is 19.1. The number of benzene rings is 2. The number of hydrogen-bond acceptors (Lipinski definition) is 6. The zero-order valence-electron chi connectivity index (χ0n) is 14.6. The van der Waals surface area contributed by atoms with Crippen LogP contribution in [0.15, 0.2) is 42.5 Å². The van der Waals surface area contributed by atoms with E-state index in [0.717, 1.165) is 6.07 Å². The summed E-state index contributed by atoms with van der Waals surface area (Å²) in [6.07, 6.45) is 0. The van der Waals surface area contributed by atoms with Crippen molar-refractivity contribution in [3.63, 3.8) is 0 Å². The van der Waals surface area contributed by atoms with Gasteiger partial charge in [0.05, 0.1) is 19.8 Å². The van der Waals surface area contributed by atoms with Crippen molar-refractivity contribution in [2.75, 3.05) is 20.8 Å². The molecule has 2 aromatic rings. The van der Waals surface area contributed by atoms with E-state index < -0.39 is 23.6 Å². The summed E-state index contributed by atoms with van der Waals surface area (Å²) >= 11 is 0. The van der Waals surface area contributed by atoms with Crippen LogP contribution >= 0.6 is 0 Å². The van der Waals surface area contributed by atoms with Crippen molar-refractivity contribution in [2.24, 2.45) is 0 Å². The van der Waals surface area contributed by atoms with E-state index in [1.165, 1.54) is 50.6 Å². The second-order valence-corrected chi connectivity index (χ2v) is 5.12. The maximum Gasteiger partial charge on any atom is 0.343 e. The van der Waals surface area contributed by atoms with Gasteiger partial charge in [-0.25, -0.2) is 9.18 Å². The summed E-state index contributed by atoms with van der Waals surface area (Å²) in [5.74, 6) is -2.31. The predicted octanol–water partition coefficient (Wildman–Crippen LogP) is 1.46. The zero-order valence-corrected chi connectivity index (χ0v) is 14.6. The average molecular weight is 376 g/mol. The molecule has 0 bridgehead atoms. The van der Waals surface area contributed by atoms with Crippen molar-refractivity contribution in [3.05, 3.63) is 59.4 Å². The SMILES string of the molecule is COC(=O)COc1ccc(C(=O)NNC(=O)c2ccccc2F)cc1OC. The van der Waals surface area contributed by atoms with Crippen molar-refractivity contribution < 1.29 is 33.0 Å². The monoisotopic (exact) mass is 376 g/mol. The molecule has 0 unspecified atom stereocenters. The molecule has 0 radical (unpaired) electrons. The Morgan fingerprint density at radius 3 is 2.33 bits per heavy atom. The van der Waals surface area contributed by atoms with Crippen LogP contribution in [0.2, 0.25) is 0 Å². The first kappa shape index (κ1) is 19.7. The van der Waals surface area contributed by atoms with Gasteiger partial charge in [-0.05, 0) is 30.3 Å². The molecule has 142 valence electrons. The fourth-order valence-corrected chi connectivity index (χ4v) is 2.02. The summed E-state index contributed by atoms with van der Waals surface area (Å²) in [7, 11) is 2.59. The standard InChI is InChI=1S/C18H17FN2O6/c1-25-15-9-11(7-8-14(15)27-10-16(22)26-2)17(23)20-21-18(24)12-5-3-4-6-13(12)19/h3-9H,10H2,1-2H3,(H,20,23)(H,21,24). The van der Waals surface area contributed by atoms with Crippen molar-refractivity contribution in [1.82, 2.24) is 10.9 Å². The van der Waals surface area contributed by atoms with Gasteiger partial charge in [0.25, 0.3) is 11.8 Å². The van der Waals surface area contributed by atoms with E-state index >= 15 is 0 Å². The molecule has 8 nitrogen and oxygen atoms in total. The minimum Gasteiger partial charge on any atom is -0.493 e. The molecule has 0 aliphatic rings. The van der Waals surface area contributed by atoms with E-state index in [1.807, 2.05) is 0 Å². The molecule has 0 saturated heterocycles. The molecule has 0 saturated carbocycles. The second-order valence-electron chi connectivity index (χ2n) is 5.12. The number of methoxy groups -OCH3 is 2. The molecule has 0 spiro atoms. The molecule has 9 heteroatoms. The number of esters is 1. The maximum absolute atomic E-state index is 13.5. The smallest absolute Gasteiger partial charge is 0.343 e. The highest BCUT2D eigenvalue weighted by Gasteiger charge is 2.15. The van der Waals surface area contributed by atoms with Gasteiger partial charge >= 0.3 is 5.97 Å². The van der Waals surface area contributed by atoms with Crippen molar-refractivity contribution in [3.8, 4) is 11.5 Å². The first-order valence-electron chi connectivity index (χ1n) is 7.69. The Hall–Kier alpha value is -3.62. The van der Waals surface area contributed by atoms with Gasteiger partial charge in [-0.3, -0.25) is 20.4 Å². The third kappa shape index (κ3) is 5.18. The Bertz CT molecular complexity index is 855. The summed E-state index contributed by atoms with van der Waals surface area (Å²) in [5, 5.41) is 0. The first-order valence-corrected chi connectivity index (χ1v) is 7.69. The highest BCUT2D eigenvalue weighted by Crippen LogP contribution is 2.28. The van der Waals surface area contributed by atoms with Crippen LogP contribution in [0.25, 0.3) is 0 Å². The van der Waals surface area contributed by atoms with Gasteiger partial charge in [0.1, 0.15) is 5.82 Å². The Balaban J connectivity index is 2.02. The van der Waals surface area contributed by atoms with Crippen LogP contribution in [-0.4, -0.2) is 38.6 Å². The molecule has 2 amide bonds. The third-order valence-electron chi connectivity index (χ3n) is 3.41. The van der Waals surface area contributed by atoms with Crippen LogP contribution in [0.5, 0.6) is 11.5 Å². The molecule has 0 atom stereocenters. The molecular formula is C18H17FN2O6. The molecule has 2 aromatic carbocycles. The molecule has 2 rings (SSSR count). The molecule has 0 fully saturated rings. The quantitative estimate of drug-likeness (QED) is 0.585. The molecule has 2 N–H and O–H groups in total. The lowest BCUT2D eigenvalue weighted by Crippen LogP contribution is -2.41. The Labute approximate surface area is 154 Å². The number of nitrogens with one attached hydrogen (secondary N) is 2. The zero-order chi connectivity index (χ0) is 19.8. The summed E-state index contributed by atoms with van der Waals surface area (Å²) in [4.78, 5) is 35.2. The van der Waals surface area contributed by atoms with E-state index in [4.69, 9.17) is 9.47 Å². The minimum atomic E-state index is -0.800. The summed E-state index contributed by atoms with van der Waals surface area (Å²) < 4.78 is 28.4. The van der Waals surface area contributed by atoms with Crippen LogP contribution in [0.4, 0.5) is 4.39 Å². The molecular weight excluding hydrogens is 359 g/mol. The summed E-state index contributed by atoms with van der Waals surface area (Å²) in [5.41, 5.74) is 4.24. The highest BCUT2D eigenvalue weighted by molar-refractivity contribution is 5.99. The fourth-order valence-electron chi connectivity index (χ4n) is 2.02. The number of hydrazine groups is 1. The van der Waals surface area contributed by atoms with E-state index in [1.54, 1.807) is 0 Å². The Kier molecular flexibility index (Phi) is 6.70. The Morgan fingerprint density at radius 1 is 0.963 bits per heavy atom. The van der Waals surface area contributed by atoms with Gasteiger partial charge < -0.3 is 14.2 Å². The predicted molar refractivity (Wildman–Crippen MR) is 91.8 cm³/mol. The van der Waals surface area contributed by atoms with Crippen LogP contribution in [-0.2, 0) is 9.53 Å². The fraction of sp³-hybridized carbons (Fsp3) is 0.167. The number of carbonyl (C=O) groups excluding carboxylic acids is 3. The second kappa shape index (κ2) is 9.18. The van der Waals surface area contributed by atoms with Crippen LogP contribution in [0.1, 0.15) is 20.7 Å².